The molecule has 2 heterocycles. The molecule has 1 aromatic heterocycles. The summed E-state index contributed by atoms with van der Waals surface area (Å²) in [5.41, 5.74) is 3.69. The normalized spacial score (nSPS) is 16.7. The van der Waals surface area contributed by atoms with Crippen molar-refractivity contribution in [3.05, 3.63) is 41.9 Å². The fourth-order valence-electron chi connectivity index (χ4n) is 2.84. The molecule has 0 aliphatic carbocycles. The van der Waals surface area contributed by atoms with Crippen LogP contribution in [0.2, 0.25) is 0 Å². The van der Waals surface area contributed by atoms with Crippen molar-refractivity contribution in [2.75, 3.05) is 13.1 Å². The zero-order valence-corrected chi connectivity index (χ0v) is 11.4. The number of piperidine rings is 1. The van der Waals surface area contributed by atoms with E-state index in [1.165, 1.54) is 24.0 Å². The summed E-state index contributed by atoms with van der Waals surface area (Å²) < 4.78 is 0. The summed E-state index contributed by atoms with van der Waals surface area (Å²) in [6.45, 7) is 4.44. The van der Waals surface area contributed by atoms with E-state index in [-0.39, 0.29) is 0 Å². The van der Waals surface area contributed by atoms with Crippen LogP contribution in [0.25, 0.3) is 11.3 Å². The van der Waals surface area contributed by atoms with Crippen LogP contribution in [0.3, 0.4) is 0 Å². The molecule has 19 heavy (non-hydrogen) atoms. The van der Waals surface area contributed by atoms with Gasteiger partial charge in [-0.25, -0.2) is 4.98 Å². The van der Waals surface area contributed by atoms with Gasteiger partial charge in [0, 0.05) is 12.0 Å². The van der Waals surface area contributed by atoms with Gasteiger partial charge < -0.3 is 10.3 Å². The molecule has 0 radical (unpaired) electrons. The molecule has 2 N–H and O–H groups in total. The highest BCUT2D eigenvalue weighted by atomic mass is 14.9. The first-order valence-electron chi connectivity index (χ1n) is 7.13. The number of imidazole rings is 1. The summed E-state index contributed by atoms with van der Waals surface area (Å²) in [4.78, 5) is 8.04. The van der Waals surface area contributed by atoms with Crippen molar-refractivity contribution in [3.8, 4) is 11.3 Å². The topological polar surface area (TPSA) is 40.7 Å². The van der Waals surface area contributed by atoms with Crippen LogP contribution in [-0.2, 0) is 6.42 Å². The highest BCUT2D eigenvalue weighted by Crippen LogP contribution is 2.23. The van der Waals surface area contributed by atoms with Gasteiger partial charge >= 0.3 is 0 Å². The number of rotatable bonds is 3. The van der Waals surface area contributed by atoms with Crippen molar-refractivity contribution in [2.24, 2.45) is 5.92 Å². The molecule has 0 atom stereocenters. The smallest absolute Gasteiger partial charge is 0.106 e. The fraction of sp³-hybridized carbons (Fsp3) is 0.438. The predicted molar refractivity (Wildman–Crippen MR) is 78.1 cm³/mol. The lowest BCUT2D eigenvalue weighted by Gasteiger charge is -2.21. The van der Waals surface area contributed by atoms with E-state index < -0.39 is 0 Å². The summed E-state index contributed by atoms with van der Waals surface area (Å²) in [6.07, 6.45) is 5.58. The third-order valence-corrected chi connectivity index (χ3v) is 4.00. The van der Waals surface area contributed by atoms with Gasteiger partial charge in [0.15, 0.2) is 0 Å². The molecule has 1 aliphatic rings. The number of benzene rings is 1. The Morgan fingerprint density at radius 3 is 2.79 bits per heavy atom. The van der Waals surface area contributed by atoms with Gasteiger partial charge in [0.05, 0.1) is 11.9 Å². The number of aromatic nitrogens is 2. The summed E-state index contributed by atoms with van der Waals surface area (Å²) in [5, 5.41) is 3.41. The van der Waals surface area contributed by atoms with Crippen LogP contribution in [0, 0.1) is 12.8 Å². The maximum absolute atomic E-state index is 4.55. The van der Waals surface area contributed by atoms with Crippen molar-refractivity contribution < 1.29 is 0 Å². The number of hydrogen-bond donors (Lipinski definition) is 2. The van der Waals surface area contributed by atoms with Crippen LogP contribution in [0.15, 0.2) is 30.5 Å². The van der Waals surface area contributed by atoms with Crippen molar-refractivity contribution in [2.45, 2.75) is 26.2 Å². The Morgan fingerprint density at radius 1 is 1.21 bits per heavy atom. The molecule has 1 aromatic carbocycles. The monoisotopic (exact) mass is 255 g/mol. The maximum Gasteiger partial charge on any atom is 0.106 e. The molecule has 0 saturated carbocycles. The van der Waals surface area contributed by atoms with E-state index in [0.29, 0.717) is 0 Å². The summed E-state index contributed by atoms with van der Waals surface area (Å²) in [7, 11) is 0. The molecule has 0 amide bonds. The molecular formula is C16H21N3. The van der Waals surface area contributed by atoms with Gasteiger partial charge in [-0.3, -0.25) is 0 Å². The molecule has 0 bridgehead atoms. The molecule has 0 spiro atoms. The van der Waals surface area contributed by atoms with Crippen LogP contribution in [0.5, 0.6) is 0 Å². The Balaban J connectivity index is 1.74. The van der Waals surface area contributed by atoms with Crippen molar-refractivity contribution in [1.82, 2.24) is 15.3 Å². The number of aryl methyl sites for hydroxylation is 1. The molecule has 1 saturated heterocycles. The third-order valence-electron chi connectivity index (χ3n) is 4.00. The van der Waals surface area contributed by atoms with Crippen LogP contribution in [0.4, 0.5) is 0 Å². The van der Waals surface area contributed by atoms with E-state index in [9.17, 15) is 0 Å². The van der Waals surface area contributed by atoms with Gasteiger partial charge in [0.2, 0.25) is 0 Å². The molecule has 100 valence electrons. The second-order valence-electron chi connectivity index (χ2n) is 5.46. The number of hydrogen-bond acceptors (Lipinski definition) is 2. The minimum atomic E-state index is 0.775. The number of aromatic amines is 1. The van der Waals surface area contributed by atoms with E-state index in [4.69, 9.17) is 0 Å². The molecule has 2 aromatic rings. The lowest BCUT2D eigenvalue weighted by Crippen LogP contribution is -2.28. The average molecular weight is 255 g/mol. The number of H-pyrrole nitrogens is 1. The Hall–Kier alpha value is -1.61. The van der Waals surface area contributed by atoms with E-state index in [1.807, 2.05) is 6.20 Å². The first-order chi connectivity index (χ1) is 9.33. The Bertz CT molecular complexity index is 538. The summed E-state index contributed by atoms with van der Waals surface area (Å²) >= 11 is 0. The zero-order valence-electron chi connectivity index (χ0n) is 11.4. The number of nitrogens with one attached hydrogen (secondary N) is 2. The summed E-state index contributed by atoms with van der Waals surface area (Å²) in [5.74, 6) is 1.90. The molecule has 1 aliphatic heterocycles. The maximum atomic E-state index is 4.55. The Labute approximate surface area is 114 Å². The van der Waals surface area contributed by atoms with E-state index in [1.54, 1.807) is 0 Å². The molecule has 3 rings (SSSR count). The second-order valence-corrected chi connectivity index (χ2v) is 5.46. The predicted octanol–water partition coefficient (Wildman–Crippen LogP) is 2.93. The van der Waals surface area contributed by atoms with E-state index in [0.717, 1.165) is 36.9 Å². The standard InChI is InChI=1S/C16H21N3/c1-12-4-2-3-5-14(12)15-11-18-16(19-15)10-13-6-8-17-9-7-13/h2-5,11,13,17H,6-10H2,1H3,(H,18,19). The molecular weight excluding hydrogens is 234 g/mol. The van der Waals surface area contributed by atoms with Gasteiger partial charge in [-0.15, -0.1) is 0 Å². The largest absolute Gasteiger partial charge is 0.342 e. The minimum Gasteiger partial charge on any atom is -0.342 e. The van der Waals surface area contributed by atoms with Crippen molar-refractivity contribution in [3.63, 3.8) is 0 Å². The van der Waals surface area contributed by atoms with Gasteiger partial charge in [-0.1, -0.05) is 24.3 Å². The van der Waals surface area contributed by atoms with Gasteiger partial charge in [-0.05, 0) is 44.3 Å². The first-order valence-corrected chi connectivity index (χ1v) is 7.13. The zero-order chi connectivity index (χ0) is 13.1. The lowest BCUT2D eigenvalue weighted by molar-refractivity contribution is 0.368. The Kier molecular flexibility index (Phi) is 3.65. The highest BCUT2D eigenvalue weighted by Gasteiger charge is 2.15. The fourth-order valence-corrected chi connectivity index (χ4v) is 2.84. The quantitative estimate of drug-likeness (QED) is 0.885. The van der Waals surface area contributed by atoms with Gasteiger partial charge in [0.25, 0.3) is 0 Å². The van der Waals surface area contributed by atoms with Crippen molar-refractivity contribution in [1.29, 1.82) is 0 Å². The second kappa shape index (κ2) is 5.57. The minimum absolute atomic E-state index is 0.775. The van der Waals surface area contributed by atoms with E-state index in [2.05, 4.69) is 46.5 Å². The van der Waals surface area contributed by atoms with E-state index >= 15 is 0 Å². The van der Waals surface area contributed by atoms with Gasteiger partial charge in [-0.2, -0.15) is 0 Å². The molecule has 3 heteroatoms. The lowest BCUT2D eigenvalue weighted by atomic mass is 9.94. The molecule has 3 nitrogen and oxygen atoms in total. The third kappa shape index (κ3) is 2.87. The average Bonchev–Trinajstić information content (AvgIpc) is 2.89. The van der Waals surface area contributed by atoms with Crippen LogP contribution >= 0.6 is 0 Å². The Morgan fingerprint density at radius 2 is 2.00 bits per heavy atom. The number of nitrogens with zero attached hydrogens (tertiary/aromatic N) is 1. The first kappa shape index (κ1) is 12.4. The molecule has 0 unspecified atom stereocenters. The van der Waals surface area contributed by atoms with Crippen molar-refractivity contribution >= 4 is 0 Å². The SMILES string of the molecule is Cc1ccccc1-c1cnc(CC2CCNCC2)[nH]1. The van der Waals surface area contributed by atoms with Crippen LogP contribution in [0.1, 0.15) is 24.2 Å². The van der Waals surface area contributed by atoms with Crippen LogP contribution < -0.4 is 5.32 Å². The summed E-state index contributed by atoms with van der Waals surface area (Å²) in [6, 6.07) is 8.45. The molecule has 1 fully saturated rings. The van der Waals surface area contributed by atoms with Gasteiger partial charge in [0.1, 0.15) is 5.82 Å². The van der Waals surface area contributed by atoms with Crippen LogP contribution in [-0.4, -0.2) is 23.1 Å². The highest BCUT2D eigenvalue weighted by molar-refractivity contribution is 5.62.